The molecular weight excluding hydrogens is 351 g/mol. The molecule has 0 radical (unpaired) electrons. The topological polar surface area (TPSA) is 46.3 Å². The number of halogens is 1. The molecule has 2 N–H and O–H groups in total. The van der Waals surface area contributed by atoms with Crippen LogP contribution in [-0.2, 0) is 0 Å². The van der Waals surface area contributed by atoms with Crippen LogP contribution in [0.3, 0.4) is 0 Å². The molecule has 1 fully saturated rings. The lowest BCUT2D eigenvalue weighted by atomic mass is 9.94. The Kier molecular flexibility index (Phi) is 5.21. The number of hydrogen-bond acceptors (Lipinski definition) is 2. The van der Waals surface area contributed by atoms with E-state index in [9.17, 15) is 4.79 Å². The summed E-state index contributed by atoms with van der Waals surface area (Å²) in [6, 6.07) is 5.95. The predicted octanol–water partition coefficient (Wildman–Crippen LogP) is 2.80. The highest BCUT2D eigenvalue weighted by Gasteiger charge is 2.25. The van der Waals surface area contributed by atoms with Crippen molar-refractivity contribution in [3.05, 3.63) is 32.9 Å². The standard InChI is InChI=1S/C15H21IN2O/c1-11-4-2-6-13(14(11)16)15(19)18-9-3-5-12(10-18)7-8-17/h2,4,6,12H,3,5,7-10,17H2,1H3. The number of carbonyl (C=O) groups excluding carboxylic acids is 1. The summed E-state index contributed by atoms with van der Waals surface area (Å²) in [5.74, 6) is 0.750. The molecule has 4 heteroatoms. The molecule has 2 rings (SSSR count). The minimum Gasteiger partial charge on any atom is -0.338 e. The van der Waals surface area contributed by atoms with Crippen LogP contribution < -0.4 is 5.73 Å². The molecule has 1 aromatic carbocycles. The van der Waals surface area contributed by atoms with Crippen molar-refractivity contribution in [2.75, 3.05) is 19.6 Å². The van der Waals surface area contributed by atoms with Crippen LogP contribution in [0.15, 0.2) is 18.2 Å². The van der Waals surface area contributed by atoms with Gasteiger partial charge in [0, 0.05) is 16.7 Å². The molecule has 1 amide bonds. The number of nitrogens with two attached hydrogens (primary N) is 1. The highest BCUT2D eigenvalue weighted by molar-refractivity contribution is 14.1. The quantitative estimate of drug-likeness (QED) is 0.830. The van der Waals surface area contributed by atoms with E-state index in [0.717, 1.165) is 35.1 Å². The van der Waals surface area contributed by atoms with Gasteiger partial charge in [0.15, 0.2) is 0 Å². The summed E-state index contributed by atoms with van der Waals surface area (Å²) in [7, 11) is 0. The Morgan fingerprint density at radius 1 is 1.53 bits per heavy atom. The second-order valence-electron chi connectivity index (χ2n) is 5.27. The molecule has 1 atom stereocenters. The number of nitrogens with zero attached hydrogens (tertiary/aromatic N) is 1. The number of amides is 1. The zero-order valence-electron chi connectivity index (χ0n) is 11.4. The Morgan fingerprint density at radius 3 is 3.05 bits per heavy atom. The average molecular weight is 372 g/mol. The van der Waals surface area contributed by atoms with E-state index in [2.05, 4.69) is 22.6 Å². The van der Waals surface area contributed by atoms with Gasteiger partial charge in [-0.2, -0.15) is 0 Å². The fourth-order valence-corrected chi connectivity index (χ4v) is 3.29. The Morgan fingerprint density at radius 2 is 2.32 bits per heavy atom. The largest absolute Gasteiger partial charge is 0.338 e. The SMILES string of the molecule is Cc1cccc(C(=O)N2CCCC(CCN)C2)c1I. The predicted molar refractivity (Wildman–Crippen MR) is 86.2 cm³/mol. The van der Waals surface area contributed by atoms with Crippen molar-refractivity contribution < 1.29 is 4.79 Å². The van der Waals surface area contributed by atoms with E-state index in [1.807, 2.05) is 30.0 Å². The van der Waals surface area contributed by atoms with Crippen molar-refractivity contribution in [3.8, 4) is 0 Å². The molecule has 1 saturated heterocycles. The van der Waals surface area contributed by atoms with Gasteiger partial charge >= 0.3 is 0 Å². The van der Waals surface area contributed by atoms with Crippen molar-refractivity contribution in [2.45, 2.75) is 26.2 Å². The van der Waals surface area contributed by atoms with Crippen LogP contribution in [0.4, 0.5) is 0 Å². The van der Waals surface area contributed by atoms with E-state index >= 15 is 0 Å². The summed E-state index contributed by atoms with van der Waals surface area (Å²) < 4.78 is 1.08. The van der Waals surface area contributed by atoms with Gasteiger partial charge in [0.1, 0.15) is 0 Å². The van der Waals surface area contributed by atoms with Gasteiger partial charge in [-0.05, 0) is 72.9 Å². The molecule has 1 heterocycles. The molecule has 1 aromatic rings. The summed E-state index contributed by atoms with van der Waals surface area (Å²) in [5, 5.41) is 0. The highest BCUT2D eigenvalue weighted by Crippen LogP contribution is 2.23. The third-order valence-corrected chi connectivity index (χ3v) is 5.24. The molecular formula is C15H21IN2O. The lowest BCUT2D eigenvalue weighted by Gasteiger charge is -2.33. The van der Waals surface area contributed by atoms with Gasteiger partial charge in [0.05, 0.1) is 5.56 Å². The summed E-state index contributed by atoms with van der Waals surface area (Å²) >= 11 is 2.27. The number of hydrogen-bond donors (Lipinski definition) is 1. The Hall–Kier alpha value is -0.620. The van der Waals surface area contributed by atoms with E-state index in [4.69, 9.17) is 5.73 Å². The van der Waals surface area contributed by atoms with Crippen molar-refractivity contribution in [1.29, 1.82) is 0 Å². The lowest BCUT2D eigenvalue weighted by molar-refractivity contribution is 0.0668. The maximum Gasteiger partial charge on any atom is 0.254 e. The number of carbonyl (C=O) groups is 1. The first-order valence-electron chi connectivity index (χ1n) is 6.88. The van der Waals surface area contributed by atoms with Gasteiger partial charge in [-0.15, -0.1) is 0 Å². The Balaban J connectivity index is 2.12. The van der Waals surface area contributed by atoms with Gasteiger partial charge in [0.2, 0.25) is 0 Å². The molecule has 3 nitrogen and oxygen atoms in total. The van der Waals surface area contributed by atoms with Gasteiger partial charge < -0.3 is 10.6 Å². The van der Waals surface area contributed by atoms with Crippen LogP contribution in [0, 0.1) is 16.4 Å². The monoisotopic (exact) mass is 372 g/mol. The van der Waals surface area contributed by atoms with Crippen LogP contribution in [0.2, 0.25) is 0 Å². The van der Waals surface area contributed by atoms with Crippen LogP contribution in [0.1, 0.15) is 35.2 Å². The van der Waals surface area contributed by atoms with Gasteiger partial charge in [-0.3, -0.25) is 4.79 Å². The second kappa shape index (κ2) is 6.70. The van der Waals surface area contributed by atoms with Crippen LogP contribution in [0.25, 0.3) is 0 Å². The first-order chi connectivity index (χ1) is 9.13. The third-order valence-electron chi connectivity index (χ3n) is 3.80. The van der Waals surface area contributed by atoms with Crippen LogP contribution >= 0.6 is 22.6 Å². The highest BCUT2D eigenvalue weighted by atomic mass is 127. The fourth-order valence-electron chi connectivity index (χ4n) is 2.70. The first kappa shape index (κ1) is 14.8. The minimum atomic E-state index is 0.176. The maximum atomic E-state index is 12.6. The molecule has 0 saturated carbocycles. The first-order valence-corrected chi connectivity index (χ1v) is 7.95. The lowest BCUT2D eigenvalue weighted by Crippen LogP contribution is -2.40. The summed E-state index contributed by atoms with van der Waals surface area (Å²) in [6.07, 6.45) is 3.32. The normalized spacial score (nSPS) is 19.5. The number of benzene rings is 1. The van der Waals surface area contributed by atoms with E-state index in [1.165, 1.54) is 12.0 Å². The number of likely N-dealkylation sites (tertiary alicyclic amines) is 1. The van der Waals surface area contributed by atoms with E-state index < -0.39 is 0 Å². The van der Waals surface area contributed by atoms with Crippen molar-refractivity contribution in [2.24, 2.45) is 11.7 Å². The second-order valence-corrected chi connectivity index (χ2v) is 6.35. The van der Waals surface area contributed by atoms with E-state index in [0.29, 0.717) is 12.5 Å². The van der Waals surface area contributed by atoms with Gasteiger partial charge in [-0.1, -0.05) is 12.1 Å². The fraction of sp³-hybridized carbons (Fsp3) is 0.533. The third kappa shape index (κ3) is 3.48. The number of rotatable bonds is 3. The molecule has 0 aliphatic carbocycles. The molecule has 1 aliphatic heterocycles. The van der Waals surface area contributed by atoms with Crippen molar-refractivity contribution >= 4 is 28.5 Å². The molecule has 19 heavy (non-hydrogen) atoms. The average Bonchev–Trinajstić information content (AvgIpc) is 2.42. The molecule has 0 bridgehead atoms. The zero-order valence-corrected chi connectivity index (χ0v) is 13.5. The smallest absolute Gasteiger partial charge is 0.254 e. The summed E-state index contributed by atoms with van der Waals surface area (Å²) in [6.45, 7) is 4.50. The van der Waals surface area contributed by atoms with E-state index in [-0.39, 0.29) is 5.91 Å². The number of piperidine rings is 1. The summed E-state index contributed by atoms with van der Waals surface area (Å²) in [4.78, 5) is 14.6. The van der Waals surface area contributed by atoms with Gasteiger partial charge in [0.25, 0.3) is 5.91 Å². The van der Waals surface area contributed by atoms with Crippen molar-refractivity contribution in [3.63, 3.8) is 0 Å². The molecule has 0 spiro atoms. The molecule has 1 aliphatic rings. The van der Waals surface area contributed by atoms with Crippen molar-refractivity contribution in [1.82, 2.24) is 4.90 Å². The van der Waals surface area contributed by atoms with Gasteiger partial charge in [-0.25, -0.2) is 0 Å². The Bertz CT molecular complexity index is 459. The van der Waals surface area contributed by atoms with E-state index in [1.54, 1.807) is 0 Å². The molecule has 104 valence electrons. The Labute approximate surface area is 128 Å². The minimum absolute atomic E-state index is 0.176. The molecule has 1 unspecified atom stereocenters. The zero-order chi connectivity index (χ0) is 13.8. The molecule has 0 aromatic heterocycles. The van der Waals surface area contributed by atoms with Crippen LogP contribution in [0.5, 0.6) is 0 Å². The van der Waals surface area contributed by atoms with Crippen LogP contribution in [-0.4, -0.2) is 30.4 Å². The number of aryl methyl sites for hydroxylation is 1. The summed E-state index contributed by atoms with van der Waals surface area (Å²) in [5.41, 5.74) is 7.64. The maximum absolute atomic E-state index is 12.6.